The van der Waals surface area contributed by atoms with Crippen molar-refractivity contribution in [3.8, 4) is 23.3 Å². The van der Waals surface area contributed by atoms with E-state index in [1.165, 1.54) is 44.8 Å². The number of methoxy groups -OCH3 is 1. The molecule has 3 aromatic rings. The number of aliphatic hydroxyl groups excluding tert-OH is 3. The second-order valence-corrected chi connectivity index (χ2v) is 21.0. The molecule has 10 heteroatoms. The molecule has 2 heterocycles. The van der Waals surface area contributed by atoms with Crippen LogP contribution in [0, 0.1) is 40.4 Å². The van der Waals surface area contributed by atoms with Crippen molar-refractivity contribution in [3.05, 3.63) is 94.3 Å². The summed E-state index contributed by atoms with van der Waals surface area (Å²) in [4.78, 5) is 26.8. The van der Waals surface area contributed by atoms with E-state index in [-0.39, 0.29) is 53.8 Å². The molecule has 4 aliphatic carbocycles. The summed E-state index contributed by atoms with van der Waals surface area (Å²) in [5.41, 5.74) is 10.0. The van der Waals surface area contributed by atoms with Gasteiger partial charge in [0.1, 0.15) is 11.2 Å². The summed E-state index contributed by atoms with van der Waals surface area (Å²) in [7, 11) is 1.49. The van der Waals surface area contributed by atoms with Crippen LogP contribution in [0.25, 0.3) is 10.8 Å². The summed E-state index contributed by atoms with van der Waals surface area (Å²) < 4.78 is 5.53. The molecule has 9 rings (SSSR count). The largest absolute Gasteiger partial charge is 0.504 e. The second-order valence-electron chi connectivity index (χ2n) is 21.0. The smallest absolute Gasteiger partial charge is 0.160 e. The highest BCUT2D eigenvalue weighted by Gasteiger charge is 2.51. The Kier molecular flexibility index (Phi) is 13.7. The van der Waals surface area contributed by atoms with E-state index < -0.39 is 29.6 Å². The van der Waals surface area contributed by atoms with Crippen molar-refractivity contribution in [2.75, 3.05) is 20.2 Å². The number of aromatic hydroxyl groups is 1. The number of ether oxygens (including phenoxy) is 1. The molecule has 10 atom stereocenters. The Hall–Kier alpha value is -4.66. The van der Waals surface area contributed by atoms with Crippen LogP contribution in [0.3, 0.4) is 0 Å². The zero-order valence-corrected chi connectivity index (χ0v) is 39.0. The van der Waals surface area contributed by atoms with E-state index in [2.05, 4.69) is 59.7 Å². The predicted molar refractivity (Wildman–Crippen MR) is 258 cm³/mol. The first kappa shape index (κ1) is 46.5. The minimum absolute atomic E-state index is 0.0491. The van der Waals surface area contributed by atoms with Gasteiger partial charge in [0.25, 0.3) is 0 Å². The third-order valence-electron chi connectivity index (χ3n) is 17.3. The number of nitrogens with two attached hydrogens (primary N) is 1. The van der Waals surface area contributed by atoms with Gasteiger partial charge in [-0.05, 0) is 164 Å². The Morgan fingerprint density at radius 3 is 2.53 bits per heavy atom. The minimum Gasteiger partial charge on any atom is -0.504 e. The summed E-state index contributed by atoms with van der Waals surface area (Å²) in [6.07, 6.45) is 11.4. The van der Waals surface area contributed by atoms with E-state index >= 15 is 0 Å². The van der Waals surface area contributed by atoms with Gasteiger partial charge in [-0.2, -0.15) is 0 Å². The van der Waals surface area contributed by atoms with Crippen molar-refractivity contribution in [1.29, 1.82) is 0 Å². The number of nitrogens with one attached hydrogen (secondary N) is 2. The van der Waals surface area contributed by atoms with Crippen molar-refractivity contribution < 1.29 is 34.8 Å². The lowest BCUT2D eigenvalue weighted by Crippen LogP contribution is -2.53. The van der Waals surface area contributed by atoms with Crippen LogP contribution in [0.5, 0.6) is 11.5 Å². The van der Waals surface area contributed by atoms with Gasteiger partial charge >= 0.3 is 0 Å². The number of hydrogen-bond donors (Lipinski definition) is 7. The summed E-state index contributed by atoms with van der Waals surface area (Å²) in [5, 5.41) is 56.9. The maximum Gasteiger partial charge on any atom is 0.160 e. The number of aliphatic hydroxyl groups is 3. The van der Waals surface area contributed by atoms with Crippen LogP contribution in [0.4, 0.5) is 0 Å². The van der Waals surface area contributed by atoms with Crippen molar-refractivity contribution >= 4 is 22.3 Å². The number of ketones is 2. The van der Waals surface area contributed by atoms with Crippen LogP contribution in [0.1, 0.15) is 138 Å². The normalized spacial score (nSPS) is 30.1. The summed E-state index contributed by atoms with van der Waals surface area (Å²) in [6.45, 7) is 3.67. The van der Waals surface area contributed by atoms with Crippen molar-refractivity contribution in [2.45, 2.75) is 152 Å². The SMILES string of the molecule is CCC1=C(C(CC(O)C(O)CC2C#CC3(CCC(CC4(C5CNC6CC(=O)CCC6C5)CCCC4)CC3O)C(=O)CCc3cc(OC)c(O)cc32)c2ccc3ccccc3c2)C=C(N)NC1. The average molecular weight is 898 g/mol. The lowest BCUT2D eigenvalue weighted by Gasteiger charge is -2.49. The number of piperidine rings is 1. The van der Waals surface area contributed by atoms with E-state index in [1.54, 1.807) is 12.1 Å². The fourth-order valence-electron chi connectivity index (χ4n) is 13.4. The zero-order valence-electron chi connectivity index (χ0n) is 39.0. The lowest BCUT2D eigenvalue weighted by molar-refractivity contribution is -0.135. The van der Waals surface area contributed by atoms with Crippen molar-refractivity contribution in [3.63, 3.8) is 0 Å². The number of benzene rings is 3. The summed E-state index contributed by atoms with van der Waals surface area (Å²) >= 11 is 0. The van der Waals surface area contributed by atoms with E-state index in [0.717, 1.165) is 59.7 Å². The Labute approximate surface area is 390 Å². The molecule has 352 valence electrons. The number of phenolic OH excluding ortho intramolecular Hbond substituents is 1. The minimum atomic E-state index is -1.25. The summed E-state index contributed by atoms with van der Waals surface area (Å²) in [5.74, 6) is 8.38. The van der Waals surface area contributed by atoms with Gasteiger partial charge in [0.15, 0.2) is 17.3 Å². The first-order valence-corrected chi connectivity index (χ1v) is 25.0. The number of rotatable bonds is 12. The molecule has 1 saturated heterocycles. The van der Waals surface area contributed by atoms with Crippen LogP contribution in [0.2, 0.25) is 0 Å². The molecule has 0 aromatic heterocycles. The third kappa shape index (κ3) is 9.30. The number of allylic oxidation sites excluding steroid dienone is 2. The highest BCUT2D eigenvalue weighted by atomic mass is 16.5. The first-order chi connectivity index (χ1) is 31.9. The van der Waals surface area contributed by atoms with Gasteiger partial charge < -0.3 is 41.5 Å². The molecule has 3 aromatic carbocycles. The number of carbonyl (C=O) groups excluding carboxylic acids is 2. The number of carbonyl (C=O) groups is 2. The predicted octanol–water partition coefficient (Wildman–Crippen LogP) is 8.00. The van der Waals surface area contributed by atoms with E-state index in [9.17, 15) is 30.0 Å². The van der Waals surface area contributed by atoms with Crippen LogP contribution in [-0.2, 0) is 16.0 Å². The molecule has 2 aliphatic heterocycles. The van der Waals surface area contributed by atoms with Gasteiger partial charge in [0.2, 0.25) is 0 Å². The van der Waals surface area contributed by atoms with Gasteiger partial charge in [-0.15, -0.1) is 0 Å². The molecular weight excluding hydrogens is 827 g/mol. The van der Waals surface area contributed by atoms with Crippen LogP contribution < -0.4 is 21.1 Å². The average Bonchev–Trinajstić information content (AvgIpc) is 3.82. The van der Waals surface area contributed by atoms with Gasteiger partial charge in [-0.3, -0.25) is 9.59 Å². The Morgan fingerprint density at radius 1 is 0.955 bits per heavy atom. The highest BCUT2D eigenvalue weighted by molar-refractivity contribution is 5.89. The molecule has 10 unspecified atom stereocenters. The van der Waals surface area contributed by atoms with Crippen LogP contribution in [-0.4, -0.2) is 76.5 Å². The molecule has 66 heavy (non-hydrogen) atoms. The molecule has 0 radical (unpaired) electrons. The van der Waals surface area contributed by atoms with Gasteiger partial charge in [-0.1, -0.05) is 74.1 Å². The van der Waals surface area contributed by atoms with Gasteiger partial charge in [0, 0.05) is 43.7 Å². The maximum absolute atomic E-state index is 14.6. The molecule has 3 saturated carbocycles. The number of phenols is 1. The topological polar surface area (TPSA) is 174 Å². The standard InChI is InChI=1S/C56H71N3O7/c1-3-35-32-59-54(57)30-46(35)45(38-11-10-36-8-4-5-9-37(36)23-38)29-49(62)48(61)25-40-17-21-56(52(64)15-13-39-26-51(66-2)50(63)28-44(39)40)20-16-34(22-53(56)65)31-55(18-6-7-19-55)42-24-41-12-14-43(60)27-47(41)58-33-42/h4-5,8-11,23,26,28,30,34,40-42,45,47-49,53,58-59,61-63,65H,3,6-7,12-16,18-20,22,24-25,27,29,31-33,57H2,1-2H3. The zero-order chi connectivity index (χ0) is 46.2. The molecule has 0 amide bonds. The fourth-order valence-corrected chi connectivity index (χ4v) is 13.4. The highest BCUT2D eigenvalue weighted by Crippen LogP contribution is 2.55. The van der Waals surface area contributed by atoms with E-state index in [4.69, 9.17) is 10.5 Å². The number of fused-ring (bicyclic) bond motifs is 3. The molecule has 4 fully saturated rings. The second kappa shape index (κ2) is 19.5. The number of hydrogen-bond acceptors (Lipinski definition) is 10. The molecule has 10 nitrogen and oxygen atoms in total. The fraction of sp³-hybridized carbons (Fsp3) is 0.571. The van der Waals surface area contributed by atoms with E-state index in [1.807, 2.05) is 18.2 Å². The molecule has 8 N–H and O–H groups in total. The van der Waals surface area contributed by atoms with Crippen molar-refractivity contribution in [1.82, 2.24) is 10.6 Å². The number of dihydropyridines is 1. The maximum atomic E-state index is 14.6. The molecule has 6 aliphatic rings. The molecule has 0 bridgehead atoms. The number of aryl methyl sites for hydroxylation is 1. The Balaban J connectivity index is 0.979. The van der Waals surface area contributed by atoms with Crippen molar-refractivity contribution in [2.24, 2.45) is 34.3 Å². The first-order valence-electron chi connectivity index (χ1n) is 25.0. The third-order valence-corrected chi connectivity index (χ3v) is 17.3. The van der Waals surface area contributed by atoms with Crippen LogP contribution in [0.15, 0.2) is 77.6 Å². The monoisotopic (exact) mass is 898 g/mol. The summed E-state index contributed by atoms with van der Waals surface area (Å²) in [6, 6.07) is 18.3. The quantitative estimate of drug-likeness (QED) is 0.0884. The Morgan fingerprint density at radius 2 is 1.76 bits per heavy atom. The number of Topliss-reactive ketones (excluding diaryl/α,β-unsaturated/α-hetero) is 2. The van der Waals surface area contributed by atoms with Gasteiger partial charge in [-0.25, -0.2) is 0 Å². The van der Waals surface area contributed by atoms with Gasteiger partial charge in [0.05, 0.1) is 31.2 Å². The van der Waals surface area contributed by atoms with E-state index in [0.29, 0.717) is 73.7 Å². The molecule has 1 spiro atoms. The lowest BCUT2D eigenvalue weighted by atomic mass is 9.58. The molecular formula is C56H71N3O7. The Bertz CT molecular complexity index is 2430. The van der Waals surface area contributed by atoms with Crippen LogP contribution >= 0.6 is 0 Å².